The number of nitrogens with zero attached hydrogens (tertiary/aromatic N) is 1. The molecule has 104 valence electrons. The number of hydrogen-bond donors (Lipinski definition) is 1. The Morgan fingerprint density at radius 3 is 2.45 bits per heavy atom. The van der Waals surface area contributed by atoms with Gasteiger partial charge in [0.05, 0.1) is 0 Å². The zero-order chi connectivity index (χ0) is 13.9. The van der Waals surface area contributed by atoms with E-state index in [2.05, 4.69) is 35.2 Å². The van der Waals surface area contributed by atoms with Crippen LogP contribution in [0, 0.1) is 0 Å². The molecule has 1 heterocycles. The molecule has 3 heteroatoms. The minimum atomic E-state index is 0.151. The first-order valence-electron chi connectivity index (χ1n) is 7.00. The van der Waals surface area contributed by atoms with Crippen molar-refractivity contribution in [3.8, 4) is 0 Å². The van der Waals surface area contributed by atoms with Crippen LogP contribution in [0.1, 0.15) is 17.0 Å². The fourth-order valence-electron chi connectivity index (χ4n) is 2.99. The summed E-state index contributed by atoms with van der Waals surface area (Å²) in [7, 11) is 0. The monoisotopic (exact) mass is 286 g/mol. The summed E-state index contributed by atoms with van der Waals surface area (Å²) in [6.07, 6.45) is 0. The molecule has 20 heavy (non-hydrogen) atoms. The standard InChI is InChI=1S/C17H19ClN2/c18-16-9-5-4-8-14(16)15-11-20(12-17(15)19)10-13-6-2-1-3-7-13/h1-9,15,17H,10-12,19H2/t15-,17+/m1/s1. The van der Waals surface area contributed by atoms with Gasteiger partial charge in [0.25, 0.3) is 0 Å². The molecule has 1 aliphatic rings. The third-order valence-electron chi connectivity index (χ3n) is 3.99. The van der Waals surface area contributed by atoms with Gasteiger partial charge in [-0.15, -0.1) is 0 Å². The molecule has 2 aromatic rings. The molecule has 0 aromatic heterocycles. The molecule has 0 unspecified atom stereocenters. The van der Waals surface area contributed by atoms with Crippen LogP contribution in [-0.2, 0) is 6.54 Å². The Morgan fingerprint density at radius 2 is 1.70 bits per heavy atom. The average Bonchev–Trinajstić information content (AvgIpc) is 2.81. The van der Waals surface area contributed by atoms with Crippen LogP contribution in [-0.4, -0.2) is 24.0 Å². The van der Waals surface area contributed by atoms with Crippen LogP contribution in [0.15, 0.2) is 54.6 Å². The summed E-state index contributed by atoms with van der Waals surface area (Å²) in [5.74, 6) is 0.326. The van der Waals surface area contributed by atoms with Gasteiger partial charge in [0.1, 0.15) is 0 Å². The van der Waals surface area contributed by atoms with Crippen LogP contribution >= 0.6 is 11.6 Å². The van der Waals surface area contributed by atoms with E-state index in [9.17, 15) is 0 Å². The molecular weight excluding hydrogens is 268 g/mol. The summed E-state index contributed by atoms with van der Waals surface area (Å²) in [6.45, 7) is 2.85. The maximum absolute atomic E-state index is 6.32. The smallest absolute Gasteiger partial charge is 0.0441 e. The maximum Gasteiger partial charge on any atom is 0.0441 e. The van der Waals surface area contributed by atoms with Gasteiger partial charge in [0, 0.05) is 36.6 Å². The Hall–Kier alpha value is -1.35. The summed E-state index contributed by atoms with van der Waals surface area (Å²) >= 11 is 6.30. The predicted molar refractivity (Wildman–Crippen MR) is 83.9 cm³/mol. The van der Waals surface area contributed by atoms with Crippen LogP contribution in [0.5, 0.6) is 0 Å². The number of nitrogens with two attached hydrogens (primary N) is 1. The van der Waals surface area contributed by atoms with E-state index in [-0.39, 0.29) is 6.04 Å². The zero-order valence-electron chi connectivity index (χ0n) is 11.4. The summed E-state index contributed by atoms with van der Waals surface area (Å²) in [6, 6.07) is 18.7. The normalized spacial score (nSPS) is 23.1. The highest BCUT2D eigenvalue weighted by Crippen LogP contribution is 2.31. The lowest BCUT2D eigenvalue weighted by molar-refractivity contribution is 0.324. The van der Waals surface area contributed by atoms with Gasteiger partial charge in [-0.25, -0.2) is 0 Å². The van der Waals surface area contributed by atoms with E-state index in [4.69, 9.17) is 17.3 Å². The molecular formula is C17H19ClN2. The molecule has 0 spiro atoms. The van der Waals surface area contributed by atoms with E-state index in [1.54, 1.807) is 0 Å². The first kappa shape index (κ1) is 13.6. The highest BCUT2D eigenvalue weighted by atomic mass is 35.5. The van der Waals surface area contributed by atoms with Gasteiger partial charge in [-0.3, -0.25) is 4.90 Å². The third-order valence-corrected chi connectivity index (χ3v) is 4.34. The average molecular weight is 287 g/mol. The number of halogens is 1. The van der Waals surface area contributed by atoms with Crippen molar-refractivity contribution in [2.45, 2.75) is 18.5 Å². The lowest BCUT2D eigenvalue weighted by atomic mass is 9.95. The second kappa shape index (κ2) is 5.96. The van der Waals surface area contributed by atoms with Gasteiger partial charge in [0.15, 0.2) is 0 Å². The molecule has 0 saturated carbocycles. The van der Waals surface area contributed by atoms with Crippen LogP contribution < -0.4 is 5.73 Å². The molecule has 0 radical (unpaired) electrons. The van der Waals surface area contributed by atoms with Crippen molar-refractivity contribution >= 4 is 11.6 Å². The molecule has 2 N–H and O–H groups in total. The summed E-state index contributed by atoms with van der Waals surface area (Å²) in [5.41, 5.74) is 8.83. The fourth-order valence-corrected chi connectivity index (χ4v) is 3.26. The van der Waals surface area contributed by atoms with Gasteiger partial charge < -0.3 is 5.73 Å². The van der Waals surface area contributed by atoms with Crippen LogP contribution in [0.25, 0.3) is 0 Å². The van der Waals surface area contributed by atoms with E-state index in [1.165, 1.54) is 11.1 Å². The lowest BCUT2D eigenvalue weighted by Gasteiger charge is -2.17. The minimum Gasteiger partial charge on any atom is -0.326 e. The van der Waals surface area contributed by atoms with E-state index in [1.807, 2.05) is 24.3 Å². The van der Waals surface area contributed by atoms with Gasteiger partial charge in [-0.1, -0.05) is 60.1 Å². The zero-order valence-corrected chi connectivity index (χ0v) is 12.1. The van der Waals surface area contributed by atoms with Crippen molar-refractivity contribution in [2.24, 2.45) is 5.73 Å². The molecule has 0 amide bonds. The first-order chi connectivity index (χ1) is 9.74. The third kappa shape index (κ3) is 2.88. The van der Waals surface area contributed by atoms with Crippen molar-refractivity contribution in [1.82, 2.24) is 4.90 Å². The van der Waals surface area contributed by atoms with E-state index in [0.29, 0.717) is 5.92 Å². The summed E-state index contributed by atoms with van der Waals surface area (Å²) in [5, 5.41) is 0.828. The second-order valence-corrected chi connectivity index (χ2v) is 5.88. The van der Waals surface area contributed by atoms with Crippen molar-refractivity contribution in [2.75, 3.05) is 13.1 Å². The Morgan fingerprint density at radius 1 is 1.00 bits per heavy atom. The predicted octanol–water partition coefficient (Wildman–Crippen LogP) is 3.27. The SMILES string of the molecule is N[C@H]1CN(Cc2ccccc2)C[C@@H]1c1ccccc1Cl. The van der Waals surface area contributed by atoms with Crippen molar-refractivity contribution in [3.05, 3.63) is 70.7 Å². The minimum absolute atomic E-state index is 0.151. The molecule has 0 aliphatic carbocycles. The highest BCUT2D eigenvalue weighted by molar-refractivity contribution is 6.31. The van der Waals surface area contributed by atoms with Crippen LogP contribution in [0.4, 0.5) is 0 Å². The number of likely N-dealkylation sites (tertiary alicyclic amines) is 1. The molecule has 3 rings (SSSR count). The van der Waals surface area contributed by atoms with E-state index < -0.39 is 0 Å². The quantitative estimate of drug-likeness (QED) is 0.938. The fraction of sp³-hybridized carbons (Fsp3) is 0.294. The lowest BCUT2D eigenvalue weighted by Crippen LogP contribution is -2.28. The van der Waals surface area contributed by atoms with Crippen molar-refractivity contribution in [1.29, 1.82) is 0 Å². The molecule has 2 nitrogen and oxygen atoms in total. The van der Waals surface area contributed by atoms with Crippen molar-refractivity contribution < 1.29 is 0 Å². The molecule has 1 aliphatic heterocycles. The molecule has 2 aromatic carbocycles. The number of benzene rings is 2. The number of rotatable bonds is 3. The van der Waals surface area contributed by atoms with Crippen LogP contribution in [0.2, 0.25) is 5.02 Å². The van der Waals surface area contributed by atoms with Gasteiger partial charge in [-0.2, -0.15) is 0 Å². The van der Waals surface area contributed by atoms with Gasteiger partial charge in [0.2, 0.25) is 0 Å². The topological polar surface area (TPSA) is 29.3 Å². The molecule has 2 atom stereocenters. The maximum atomic E-state index is 6.32. The Kier molecular flexibility index (Phi) is 4.06. The Labute approximate surface area is 125 Å². The first-order valence-corrected chi connectivity index (χ1v) is 7.38. The van der Waals surface area contributed by atoms with E-state index in [0.717, 1.165) is 24.7 Å². The molecule has 1 fully saturated rings. The van der Waals surface area contributed by atoms with E-state index >= 15 is 0 Å². The van der Waals surface area contributed by atoms with Gasteiger partial charge >= 0.3 is 0 Å². The Balaban J connectivity index is 1.73. The molecule has 1 saturated heterocycles. The van der Waals surface area contributed by atoms with Crippen LogP contribution in [0.3, 0.4) is 0 Å². The highest BCUT2D eigenvalue weighted by Gasteiger charge is 2.32. The Bertz CT molecular complexity index is 570. The molecule has 0 bridgehead atoms. The summed E-state index contributed by atoms with van der Waals surface area (Å²) in [4.78, 5) is 2.41. The van der Waals surface area contributed by atoms with Crippen molar-refractivity contribution in [3.63, 3.8) is 0 Å². The summed E-state index contributed by atoms with van der Waals surface area (Å²) < 4.78 is 0. The number of hydrogen-bond acceptors (Lipinski definition) is 2. The largest absolute Gasteiger partial charge is 0.326 e. The second-order valence-electron chi connectivity index (χ2n) is 5.47. The van der Waals surface area contributed by atoms with Gasteiger partial charge in [-0.05, 0) is 17.2 Å².